The molecule has 0 N–H and O–H groups in total. The molecule has 0 bridgehead atoms. The molecule has 0 spiro atoms. The Hall–Kier alpha value is -8.98. The van der Waals surface area contributed by atoms with Gasteiger partial charge in [-0.05, 0) is 131 Å². The molecule has 2 heteroatoms. The maximum Gasteiger partial charge on any atom is 0.143 e. The average Bonchev–Trinajstić information content (AvgIpc) is 3.96. The predicted molar refractivity (Wildman–Crippen MR) is 289 cm³/mol. The lowest BCUT2D eigenvalue weighted by molar-refractivity contribution is 0.670. The fourth-order valence-electron chi connectivity index (χ4n) is 11.7. The fourth-order valence-corrected chi connectivity index (χ4v) is 11.7. The van der Waals surface area contributed by atoms with Crippen LogP contribution in [0.2, 0.25) is 0 Å². The molecule has 0 fully saturated rings. The Kier molecular flexibility index (Phi) is 8.84. The van der Waals surface area contributed by atoms with Crippen LogP contribution in [0.3, 0.4) is 0 Å². The summed E-state index contributed by atoms with van der Waals surface area (Å²) in [4.78, 5) is 2.39. The number of nitrogens with zero attached hydrogens (tertiary/aromatic N) is 1. The number of anilines is 3. The summed E-state index contributed by atoms with van der Waals surface area (Å²) in [7, 11) is 0. The van der Waals surface area contributed by atoms with Crippen LogP contribution in [0.1, 0.15) is 22.3 Å². The van der Waals surface area contributed by atoms with E-state index in [-0.39, 0.29) is 0 Å². The first-order valence-electron chi connectivity index (χ1n) is 23.8. The van der Waals surface area contributed by atoms with Gasteiger partial charge in [0, 0.05) is 33.4 Å². The zero-order valence-electron chi connectivity index (χ0n) is 37.7. The second-order valence-corrected chi connectivity index (χ2v) is 18.3. The quantitative estimate of drug-likeness (QED) is 0.148. The van der Waals surface area contributed by atoms with Gasteiger partial charge in [0.1, 0.15) is 11.2 Å². The first-order valence-corrected chi connectivity index (χ1v) is 23.8. The number of hydrogen-bond donors (Lipinski definition) is 0. The summed E-state index contributed by atoms with van der Waals surface area (Å²) in [6.07, 6.45) is 0. The average molecular weight is 878 g/mol. The number of rotatable bonds is 7. The van der Waals surface area contributed by atoms with Crippen LogP contribution >= 0.6 is 0 Å². The van der Waals surface area contributed by atoms with E-state index in [9.17, 15) is 0 Å². The van der Waals surface area contributed by atoms with Crippen molar-refractivity contribution >= 4 is 71.3 Å². The van der Waals surface area contributed by atoms with Gasteiger partial charge in [0.05, 0.1) is 5.41 Å². The van der Waals surface area contributed by atoms with E-state index in [2.05, 4.69) is 260 Å². The lowest BCUT2D eigenvalue weighted by Crippen LogP contribution is -2.28. The third-order valence-electron chi connectivity index (χ3n) is 14.7. The summed E-state index contributed by atoms with van der Waals surface area (Å²) < 4.78 is 6.58. The van der Waals surface area contributed by atoms with Crippen molar-refractivity contribution < 1.29 is 4.42 Å². The minimum atomic E-state index is -0.484. The topological polar surface area (TPSA) is 16.4 Å². The SMILES string of the molecule is c1ccc(C2(c3ccc(N(c4ccc(-c5ccc6c7ccccc7c7ccccc7c6c5)cc4)c4cccc(-c5cccc6c5oc5ccccc56)c4)cc3)c3ccccc3-c3ccccc32)cc1. The van der Waals surface area contributed by atoms with Crippen molar-refractivity contribution in [2.24, 2.45) is 0 Å². The van der Waals surface area contributed by atoms with Crippen molar-refractivity contribution in [2.75, 3.05) is 4.90 Å². The van der Waals surface area contributed by atoms with Crippen LogP contribution in [-0.2, 0) is 5.41 Å². The Morgan fingerprint density at radius 2 is 0.768 bits per heavy atom. The molecule has 14 rings (SSSR count). The molecule has 12 aromatic carbocycles. The van der Waals surface area contributed by atoms with Gasteiger partial charge < -0.3 is 9.32 Å². The number of benzene rings is 12. The van der Waals surface area contributed by atoms with E-state index in [1.54, 1.807) is 0 Å². The third-order valence-corrected chi connectivity index (χ3v) is 14.7. The van der Waals surface area contributed by atoms with Gasteiger partial charge in [0.15, 0.2) is 0 Å². The van der Waals surface area contributed by atoms with Crippen molar-refractivity contribution in [1.82, 2.24) is 0 Å². The Balaban J connectivity index is 0.924. The lowest BCUT2D eigenvalue weighted by atomic mass is 9.68. The van der Waals surface area contributed by atoms with Crippen LogP contribution in [-0.4, -0.2) is 0 Å². The Morgan fingerprint density at radius 1 is 0.275 bits per heavy atom. The minimum absolute atomic E-state index is 0.484. The van der Waals surface area contributed by atoms with E-state index in [0.29, 0.717) is 0 Å². The largest absolute Gasteiger partial charge is 0.455 e. The molecule has 0 atom stereocenters. The Morgan fingerprint density at radius 3 is 1.45 bits per heavy atom. The molecule has 0 saturated heterocycles. The Labute approximate surface area is 400 Å². The van der Waals surface area contributed by atoms with E-state index in [1.807, 2.05) is 6.07 Å². The Bertz CT molecular complexity index is 4050. The first-order chi connectivity index (χ1) is 34.2. The summed E-state index contributed by atoms with van der Waals surface area (Å²) in [5.74, 6) is 0. The van der Waals surface area contributed by atoms with Gasteiger partial charge >= 0.3 is 0 Å². The molecule has 1 aliphatic carbocycles. The van der Waals surface area contributed by atoms with Crippen molar-refractivity contribution in [1.29, 1.82) is 0 Å². The van der Waals surface area contributed by atoms with Crippen LogP contribution in [0.15, 0.2) is 265 Å². The van der Waals surface area contributed by atoms with E-state index in [0.717, 1.165) is 50.1 Å². The highest BCUT2D eigenvalue weighted by molar-refractivity contribution is 6.25. The van der Waals surface area contributed by atoms with E-state index in [4.69, 9.17) is 4.42 Å². The molecule has 69 heavy (non-hydrogen) atoms. The van der Waals surface area contributed by atoms with Gasteiger partial charge in [0.2, 0.25) is 0 Å². The van der Waals surface area contributed by atoms with Crippen molar-refractivity contribution in [3.8, 4) is 33.4 Å². The molecule has 2 nitrogen and oxygen atoms in total. The van der Waals surface area contributed by atoms with Gasteiger partial charge in [-0.3, -0.25) is 0 Å². The van der Waals surface area contributed by atoms with Gasteiger partial charge in [0.25, 0.3) is 0 Å². The molecule has 0 radical (unpaired) electrons. The smallest absolute Gasteiger partial charge is 0.143 e. The standard InChI is InChI=1S/C67H43NO/c1-2-17-47(18-3-1)67(63-29-11-8-24-58(63)59-25-9-12-30-64(59)67)48-35-39-50(40-36-48)68(51-19-14-16-46(42-51)52-27-15-28-61-60-26-10-13-31-65(60)69-66(52)61)49-37-32-44(33-38-49)45-34-41-57-55-22-5-4-20-53(55)54-21-6-7-23-56(54)62(57)43-45/h1-43H. The molecule has 0 amide bonds. The molecule has 322 valence electrons. The van der Waals surface area contributed by atoms with Crippen LogP contribution in [0, 0.1) is 0 Å². The van der Waals surface area contributed by atoms with Crippen molar-refractivity contribution in [3.63, 3.8) is 0 Å². The number of hydrogen-bond acceptors (Lipinski definition) is 2. The van der Waals surface area contributed by atoms with Gasteiger partial charge in [-0.15, -0.1) is 0 Å². The zero-order valence-corrected chi connectivity index (χ0v) is 37.7. The van der Waals surface area contributed by atoms with Crippen LogP contribution in [0.4, 0.5) is 17.1 Å². The maximum absolute atomic E-state index is 6.58. The van der Waals surface area contributed by atoms with E-state index >= 15 is 0 Å². The second kappa shape index (κ2) is 15.6. The van der Waals surface area contributed by atoms with E-state index < -0.39 is 5.41 Å². The summed E-state index contributed by atoms with van der Waals surface area (Å²) in [5.41, 5.74) is 16.7. The highest BCUT2D eigenvalue weighted by Crippen LogP contribution is 2.56. The molecule has 1 heterocycles. The third kappa shape index (κ3) is 5.99. The summed E-state index contributed by atoms with van der Waals surface area (Å²) >= 11 is 0. The molecule has 0 unspecified atom stereocenters. The maximum atomic E-state index is 6.58. The summed E-state index contributed by atoms with van der Waals surface area (Å²) in [6.45, 7) is 0. The summed E-state index contributed by atoms with van der Waals surface area (Å²) in [6, 6.07) is 95.5. The first kappa shape index (κ1) is 39.2. The van der Waals surface area contributed by atoms with Crippen LogP contribution in [0.25, 0.3) is 87.6 Å². The minimum Gasteiger partial charge on any atom is -0.455 e. The fraction of sp³-hybridized carbons (Fsp3) is 0.0149. The van der Waals surface area contributed by atoms with Gasteiger partial charge in [-0.1, -0.05) is 212 Å². The van der Waals surface area contributed by atoms with Crippen molar-refractivity contribution in [3.05, 3.63) is 283 Å². The molecular formula is C67H43NO. The molecule has 0 saturated carbocycles. The van der Waals surface area contributed by atoms with Crippen molar-refractivity contribution in [2.45, 2.75) is 5.41 Å². The molecule has 1 aliphatic rings. The number of furan rings is 1. The van der Waals surface area contributed by atoms with Crippen LogP contribution in [0.5, 0.6) is 0 Å². The summed E-state index contributed by atoms with van der Waals surface area (Å²) in [5, 5.41) is 9.92. The monoisotopic (exact) mass is 877 g/mol. The molecule has 1 aromatic heterocycles. The zero-order chi connectivity index (χ0) is 45.5. The second-order valence-electron chi connectivity index (χ2n) is 18.3. The number of fused-ring (bicyclic) bond motifs is 12. The number of para-hydroxylation sites is 2. The van der Waals surface area contributed by atoms with Gasteiger partial charge in [-0.25, -0.2) is 0 Å². The predicted octanol–water partition coefficient (Wildman–Crippen LogP) is 18.2. The lowest BCUT2D eigenvalue weighted by Gasteiger charge is -2.34. The van der Waals surface area contributed by atoms with Crippen LogP contribution < -0.4 is 4.90 Å². The van der Waals surface area contributed by atoms with Gasteiger partial charge in [-0.2, -0.15) is 0 Å². The molecular weight excluding hydrogens is 835 g/mol. The molecule has 13 aromatic rings. The molecule has 0 aliphatic heterocycles. The highest BCUT2D eigenvalue weighted by atomic mass is 16.3. The highest BCUT2D eigenvalue weighted by Gasteiger charge is 2.45. The normalized spacial score (nSPS) is 12.8. The van der Waals surface area contributed by atoms with E-state index in [1.165, 1.54) is 76.8 Å².